The van der Waals surface area contributed by atoms with Gasteiger partial charge >= 0.3 is 0 Å². The number of aliphatic carboxylic acids is 1. The smallest absolute Gasteiger partial charge is 0.300 e. The van der Waals surface area contributed by atoms with Gasteiger partial charge in [0.1, 0.15) is 24.0 Å². The largest absolute Gasteiger partial charge is 0.485 e. The fourth-order valence-corrected chi connectivity index (χ4v) is 2.51. The molecular weight excluding hydrogens is 391 g/mol. The van der Waals surface area contributed by atoms with Crippen molar-refractivity contribution in [3.8, 4) is 5.75 Å². The van der Waals surface area contributed by atoms with Crippen molar-refractivity contribution >= 4 is 5.97 Å². The number of nitrogens with two attached hydrogens (primary N) is 1. The van der Waals surface area contributed by atoms with Crippen LogP contribution in [0.5, 0.6) is 5.75 Å². The first kappa shape index (κ1) is 23.0. The second kappa shape index (κ2) is 11.0. The summed E-state index contributed by atoms with van der Waals surface area (Å²) in [5.74, 6) is 0.0856. The molecule has 0 aliphatic carbocycles. The average molecular weight is 416 g/mol. The number of carboxylic acids is 1. The van der Waals surface area contributed by atoms with E-state index in [1.807, 2.05) is 31.2 Å². The van der Waals surface area contributed by atoms with Crippen molar-refractivity contribution in [3.05, 3.63) is 77.1 Å². The van der Waals surface area contributed by atoms with Gasteiger partial charge in [0, 0.05) is 13.0 Å². The Balaban J connectivity index is 0.000000735. The van der Waals surface area contributed by atoms with Crippen LogP contribution in [0.1, 0.15) is 35.7 Å². The highest BCUT2D eigenvalue weighted by Gasteiger charge is 2.17. The summed E-state index contributed by atoms with van der Waals surface area (Å²) in [4.78, 5) is 13.4. The van der Waals surface area contributed by atoms with Crippen molar-refractivity contribution in [1.82, 2.24) is 14.8 Å². The normalized spacial score (nSPS) is 11.4. The van der Waals surface area contributed by atoms with Crippen LogP contribution < -0.4 is 10.5 Å². The zero-order valence-electron chi connectivity index (χ0n) is 16.8. The molecule has 0 amide bonds. The van der Waals surface area contributed by atoms with E-state index in [-0.39, 0.29) is 19.0 Å². The lowest BCUT2D eigenvalue weighted by Crippen LogP contribution is -2.21. The zero-order chi connectivity index (χ0) is 22.1. The first-order chi connectivity index (χ1) is 14.3. The fourth-order valence-electron chi connectivity index (χ4n) is 2.51. The van der Waals surface area contributed by atoms with E-state index in [1.165, 1.54) is 17.7 Å². The number of aliphatic hydroxyl groups is 1. The van der Waals surface area contributed by atoms with Crippen molar-refractivity contribution in [2.24, 2.45) is 5.73 Å². The Morgan fingerprint density at radius 2 is 1.93 bits per heavy atom. The van der Waals surface area contributed by atoms with E-state index >= 15 is 0 Å². The summed E-state index contributed by atoms with van der Waals surface area (Å²) in [5.41, 5.74) is 8.17. The number of hydrogen-bond acceptors (Lipinski definition) is 6. The Kier molecular flexibility index (Phi) is 8.45. The van der Waals surface area contributed by atoms with E-state index < -0.39 is 12.0 Å². The molecule has 0 aliphatic rings. The molecule has 0 saturated carbocycles. The van der Waals surface area contributed by atoms with Gasteiger partial charge in [-0.2, -0.15) is 5.10 Å². The van der Waals surface area contributed by atoms with Gasteiger partial charge in [-0.25, -0.2) is 14.1 Å². The Labute approximate surface area is 173 Å². The van der Waals surface area contributed by atoms with E-state index in [4.69, 9.17) is 20.4 Å². The molecule has 0 radical (unpaired) electrons. The van der Waals surface area contributed by atoms with Gasteiger partial charge in [0.05, 0.1) is 19.2 Å². The zero-order valence-corrected chi connectivity index (χ0v) is 16.8. The van der Waals surface area contributed by atoms with Crippen LogP contribution in [0.15, 0.2) is 48.5 Å². The number of aromatic nitrogens is 3. The SMILES string of the molecule is CC(=O)O.Cc1ccc(Cn2nc(COc3cccc(F)c3)nc2[C@H](N)CO)cc1. The Morgan fingerprint density at radius 1 is 1.27 bits per heavy atom. The third kappa shape index (κ3) is 7.26. The second-order valence-corrected chi connectivity index (χ2v) is 6.58. The molecule has 4 N–H and O–H groups in total. The van der Waals surface area contributed by atoms with E-state index in [2.05, 4.69) is 10.1 Å². The van der Waals surface area contributed by atoms with Gasteiger partial charge in [0.25, 0.3) is 5.97 Å². The van der Waals surface area contributed by atoms with Crippen LogP contribution in [0.3, 0.4) is 0 Å². The summed E-state index contributed by atoms with van der Waals surface area (Å²) >= 11 is 0. The van der Waals surface area contributed by atoms with Crippen molar-refractivity contribution in [1.29, 1.82) is 0 Å². The van der Waals surface area contributed by atoms with Gasteiger partial charge < -0.3 is 20.7 Å². The highest BCUT2D eigenvalue weighted by molar-refractivity contribution is 5.62. The van der Waals surface area contributed by atoms with Crippen LogP contribution >= 0.6 is 0 Å². The third-order valence-corrected chi connectivity index (χ3v) is 3.89. The van der Waals surface area contributed by atoms with Gasteiger partial charge in [-0.05, 0) is 24.6 Å². The lowest BCUT2D eigenvalue weighted by atomic mass is 10.1. The monoisotopic (exact) mass is 416 g/mol. The number of halogens is 1. The third-order valence-electron chi connectivity index (χ3n) is 3.89. The molecule has 0 unspecified atom stereocenters. The minimum Gasteiger partial charge on any atom is -0.485 e. The number of ether oxygens (including phenoxy) is 1. The van der Waals surface area contributed by atoms with E-state index in [9.17, 15) is 9.50 Å². The quantitative estimate of drug-likeness (QED) is 0.540. The fraction of sp³-hybridized carbons (Fsp3) is 0.286. The van der Waals surface area contributed by atoms with E-state index in [0.717, 1.165) is 12.5 Å². The molecule has 0 saturated heterocycles. The molecule has 2 aromatic carbocycles. The van der Waals surface area contributed by atoms with E-state index in [0.29, 0.717) is 23.9 Å². The predicted molar refractivity (Wildman–Crippen MR) is 108 cm³/mol. The molecule has 1 aromatic heterocycles. The van der Waals surface area contributed by atoms with Crippen LogP contribution in [0.4, 0.5) is 4.39 Å². The number of carboxylic acid groups (broad SMARTS) is 1. The molecule has 1 atom stereocenters. The number of benzene rings is 2. The van der Waals surface area contributed by atoms with Crippen molar-refractivity contribution in [3.63, 3.8) is 0 Å². The number of aliphatic hydroxyl groups excluding tert-OH is 1. The van der Waals surface area contributed by atoms with Crippen LogP contribution in [0.2, 0.25) is 0 Å². The molecule has 3 rings (SSSR count). The molecule has 0 aliphatic heterocycles. The van der Waals surface area contributed by atoms with Crippen LogP contribution in [-0.2, 0) is 17.9 Å². The summed E-state index contributed by atoms with van der Waals surface area (Å²) in [6, 6.07) is 13.3. The molecule has 0 spiro atoms. The first-order valence-electron chi connectivity index (χ1n) is 9.22. The summed E-state index contributed by atoms with van der Waals surface area (Å²) in [6.07, 6.45) is 0. The van der Waals surface area contributed by atoms with Crippen molar-refractivity contribution < 1.29 is 24.1 Å². The number of nitrogens with zero attached hydrogens (tertiary/aromatic N) is 3. The lowest BCUT2D eigenvalue weighted by molar-refractivity contribution is -0.134. The molecule has 30 heavy (non-hydrogen) atoms. The lowest BCUT2D eigenvalue weighted by Gasteiger charge is -2.10. The molecule has 0 bridgehead atoms. The summed E-state index contributed by atoms with van der Waals surface area (Å²) < 4.78 is 20.4. The maximum Gasteiger partial charge on any atom is 0.300 e. The Bertz CT molecular complexity index is 956. The molecule has 3 aromatic rings. The van der Waals surface area contributed by atoms with Crippen molar-refractivity contribution in [2.45, 2.75) is 33.0 Å². The van der Waals surface area contributed by atoms with Gasteiger partial charge in [0.15, 0.2) is 5.82 Å². The van der Waals surface area contributed by atoms with Crippen molar-refractivity contribution in [2.75, 3.05) is 6.61 Å². The second-order valence-electron chi connectivity index (χ2n) is 6.58. The minimum absolute atomic E-state index is 0.0789. The molecule has 1 heterocycles. The molecule has 160 valence electrons. The van der Waals surface area contributed by atoms with Gasteiger partial charge in [0.2, 0.25) is 0 Å². The average Bonchev–Trinajstić information content (AvgIpc) is 3.10. The summed E-state index contributed by atoms with van der Waals surface area (Å²) in [6.45, 7) is 3.43. The first-order valence-corrected chi connectivity index (χ1v) is 9.22. The Hall–Kier alpha value is -3.30. The number of carbonyl (C=O) groups is 1. The van der Waals surface area contributed by atoms with E-state index in [1.54, 1.807) is 16.8 Å². The number of hydrogen-bond donors (Lipinski definition) is 3. The Morgan fingerprint density at radius 3 is 2.53 bits per heavy atom. The molecule has 0 fully saturated rings. The number of aryl methyl sites for hydroxylation is 1. The van der Waals surface area contributed by atoms with Gasteiger partial charge in [-0.1, -0.05) is 35.9 Å². The maximum atomic E-state index is 13.2. The summed E-state index contributed by atoms with van der Waals surface area (Å²) in [7, 11) is 0. The highest BCUT2D eigenvalue weighted by Crippen LogP contribution is 2.15. The van der Waals surface area contributed by atoms with Crippen LogP contribution in [0, 0.1) is 12.7 Å². The minimum atomic E-state index is -0.833. The van der Waals surface area contributed by atoms with Gasteiger partial charge in [-0.3, -0.25) is 4.79 Å². The molecular formula is C21H25FN4O4. The van der Waals surface area contributed by atoms with Gasteiger partial charge in [-0.15, -0.1) is 0 Å². The topological polar surface area (TPSA) is 123 Å². The molecule has 9 heteroatoms. The molecule has 8 nitrogen and oxygen atoms in total. The standard InChI is InChI=1S/C19H21FN4O2.C2H4O2/c1-13-5-7-14(8-6-13)10-24-19(17(21)11-25)22-18(23-24)12-26-16-4-2-3-15(20)9-16;1-2(3)4/h2-9,17,25H,10-12,21H2,1H3;1H3,(H,3,4)/t17-;/m1./s1. The maximum absolute atomic E-state index is 13.2. The van der Waals surface area contributed by atoms with Crippen LogP contribution in [-0.4, -0.2) is 37.6 Å². The van der Waals surface area contributed by atoms with Crippen LogP contribution in [0.25, 0.3) is 0 Å². The summed E-state index contributed by atoms with van der Waals surface area (Å²) in [5, 5.41) is 21.2. The highest BCUT2D eigenvalue weighted by atomic mass is 19.1. The number of rotatable bonds is 7. The predicted octanol–water partition coefficient (Wildman–Crippen LogP) is 2.44.